The quantitative estimate of drug-likeness (QED) is 0.833. The number of rotatable bonds is 5. The summed E-state index contributed by atoms with van der Waals surface area (Å²) in [6.45, 7) is 11.7. The van der Waals surface area contributed by atoms with Crippen molar-refractivity contribution in [3.8, 4) is 0 Å². The highest BCUT2D eigenvalue weighted by atomic mass is 16.5. The predicted octanol–water partition coefficient (Wildman–Crippen LogP) is 3.75. The van der Waals surface area contributed by atoms with E-state index in [0.29, 0.717) is 12.2 Å². The molecule has 0 aliphatic heterocycles. The summed E-state index contributed by atoms with van der Waals surface area (Å²) in [5, 5.41) is 13.6. The largest absolute Gasteiger partial charge is 0.479 e. The Balaban J connectivity index is 1.99. The molecule has 2 unspecified atom stereocenters. The number of hydrogen-bond donors (Lipinski definition) is 2. The molecule has 2 N–H and O–H groups in total. The Kier molecular flexibility index (Phi) is 4.58. The molecule has 1 aliphatic carbocycles. The minimum absolute atomic E-state index is 0.165. The Morgan fingerprint density at radius 3 is 2.41 bits per heavy atom. The Hall–Kier alpha value is -2.34. The van der Waals surface area contributed by atoms with Crippen molar-refractivity contribution in [2.45, 2.75) is 59.6 Å². The summed E-state index contributed by atoms with van der Waals surface area (Å²) in [5.41, 5.74) is 1.22. The van der Waals surface area contributed by atoms with Gasteiger partial charge in [0.2, 0.25) is 0 Å². The number of amides is 1. The molecular weight excluding hydrogens is 346 g/mol. The number of carboxylic acids is 1. The van der Waals surface area contributed by atoms with Crippen LogP contribution in [-0.2, 0) is 9.53 Å². The van der Waals surface area contributed by atoms with Crippen LogP contribution in [0.2, 0.25) is 0 Å². The van der Waals surface area contributed by atoms with Gasteiger partial charge in [-0.15, -0.1) is 0 Å². The zero-order chi connectivity index (χ0) is 20.1. The van der Waals surface area contributed by atoms with Gasteiger partial charge in [0.25, 0.3) is 5.91 Å². The van der Waals surface area contributed by atoms with Crippen LogP contribution in [0, 0.1) is 26.2 Å². The lowest BCUT2D eigenvalue weighted by Gasteiger charge is -2.58. The van der Waals surface area contributed by atoms with Crippen LogP contribution in [0.5, 0.6) is 0 Å². The van der Waals surface area contributed by atoms with E-state index >= 15 is 0 Å². The Bertz CT molecular complexity index is 926. The molecule has 0 saturated heterocycles. The van der Waals surface area contributed by atoms with Gasteiger partial charge < -0.3 is 19.6 Å². The lowest BCUT2D eigenvalue weighted by Crippen LogP contribution is -2.76. The molecule has 1 heterocycles. The molecule has 6 nitrogen and oxygen atoms in total. The number of fused-ring (bicyclic) bond motifs is 1. The van der Waals surface area contributed by atoms with Gasteiger partial charge in [0.15, 0.2) is 5.76 Å². The highest BCUT2D eigenvalue weighted by Crippen LogP contribution is 2.51. The third-order valence-corrected chi connectivity index (χ3v) is 6.15. The number of carboxylic acid groups (broad SMARTS) is 1. The summed E-state index contributed by atoms with van der Waals surface area (Å²) >= 11 is 0. The van der Waals surface area contributed by atoms with Crippen LogP contribution in [0.15, 0.2) is 16.5 Å². The number of carbonyl (C=O) groups excluding carboxylic acids is 1. The SMILES string of the molecule is CCOC1CC(NC(=O)c2oc3c(C)ccc(C)c3c2C)(C(=O)O)C1(C)C. The molecule has 146 valence electrons. The van der Waals surface area contributed by atoms with Crippen LogP contribution in [0.4, 0.5) is 0 Å². The summed E-state index contributed by atoms with van der Waals surface area (Å²) < 4.78 is 11.5. The van der Waals surface area contributed by atoms with Gasteiger partial charge in [-0.1, -0.05) is 26.0 Å². The van der Waals surface area contributed by atoms with Gasteiger partial charge in [0.05, 0.1) is 6.10 Å². The molecule has 1 aliphatic rings. The van der Waals surface area contributed by atoms with Gasteiger partial charge in [0, 0.05) is 29.4 Å². The van der Waals surface area contributed by atoms with Crippen LogP contribution in [0.25, 0.3) is 11.0 Å². The molecule has 1 saturated carbocycles. The fourth-order valence-electron chi connectivity index (χ4n) is 4.18. The number of hydrogen-bond acceptors (Lipinski definition) is 4. The summed E-state index contributed by atoms with van der Waals surface area (Å²) in [6, 6.07) is 3.94. The van der Waals surface area contributed by atoms with E-state index < -0.39 is 22.8 Å². The van der Waals surface area contributed by atoms with Crippen molar-refractivity contribution in [3.05, 3.63) is 34.6 Å². The molecule has 0 bridgehead atoms. The van der Waals surface area contributed by atoms with E-state index in [1.807, 2.05) is 53.7 Å². The number of ether oxygens (including phenoxy) is 1. The first-order chi connectivity index (χ1) is 12.6. The Labute approximate surface area is 158 Å². The third-order valence-electron chi connectivity index (χ3n) is 6.15. The minimum atomic E-state index is -1.39. The van der Waals surface area contributed by atoms with E-state index in [2.05, 4.69) is 5.32 Å². The van der Waals surface area contributed by atoms with Gasteiger partial charge >= 0.3 is 5.97 Å². The Morgan fingerprint density at radius 1 is 1.26 bits per heavy atom. The third kappa shape index (κ3) is 2.65. The summed E-state index contributed by atoms with van der Waals surface area (Å²) in [7, 11) is 0. The predicted molar refractivity (Wildman–Crippen MR) is 102 cm³/mol. The van der Waals surface area contributed by atoms with Crippen molar-refractivity contribution >= 4 is 22.8 Å². The number of nitrogens with one attached hydrogen (secondary N) is 1. The molecule has 2 atom stereocenters. The smallest absolute Gasteiger partial charge is 0.330 e. The van der Waals surface area contributed by atoms with Crippen molar-refractivity contribution in [2.75, 3.05) is 6.61 Å². The second kappa shape index (κ2) is 6.37. The number of aryl methyl sites for hydroxylation is 3. The van der Waals surface area contributed by atoms with E-state index in [4.69, 9.17) is 9.15 Å². The van der Waals surface area contributed by atoms with Crippen molar-refractivity contribution in [1.82, 2.24) is 5.32 Å². The van der Waals surface area contributed by atoms with Gasteiger partial charge in [-0.05, 0) is 38.8 Å². The maximum Gasteiger partial charge on any atom is 0.330 e. The summed E-state index contributed by atoms with van der Waals surface area (Å²) in [4.78, 5) is 25.1. The van der Waals surface area contributed by atoms with Gasteiger partial charge in [-0.2, -0.15) is 0 Å². The number of carbonyl (C=O) groups is 2. The standard InChI is InChI=1S/C21H27NO5/c1-7-26-14-10-21(19(24)25,20(14,5)6)22-18(23)17-13(4)15-11(2)8-9-12(3)16(15)27-17/h8-9,14H,7,10H2,1-6H3,(H,22,23)(H,24,25). The Morgan fingerprint density at radius 2 is 1.89 bits per heavy atom. The molecule has 0 radical (unpaired) electrons. The van der Waals surface area contributed by atoms with E-state index in [1.165, 1.54) is 0 Å². The van der Waals surface area contributed by atoms with Crippen molar-refractivity contribution in [3.63, 3.8) is 0 Å². The van der Waals surface area contributed by atoms with E-state index in [9.17, 15) is 14.7 Å². The zero-order valence-electron chi connectivity index (χ0n) is 16.7. The zero-order valence-corrected chi connectivity index (χ0v) is 16.7. The van der Waals surface area contributed by atoms with Crippen molar-refractivity contribution in [1.29, 1.82) is 0 Å². The van der Waals surface area contributed by atoms with Crippen LogP contribution >= 0.6 is 0 Å². The topological polar surface area (TPSA) is 88.8 Å². The van der Waals surface area contributed by atoms with E-state index in [0.717, 1.165) is 22.1 Å². The normalized spacial score (nSPS) is 23.9. The second-order valence-corrected chi connectivity index (χ2v) is 7.99. The highest BCUT2D eigenvalue weighted by Gasteiger charge is 2.66. The average Bonchev–Trinajstić information content (AvgIpc) is 2.95. The van der Waals surface area contributed by atoms with E-state index in [-0.39, 0.29) is 18.3 Å². The number of furan rings is 1. The average molecular weight is 373 g/mol. The molecule has 1 fully saturated rings. The monoisotopic (exact) mass is 373 g/mol. The van der Waals surface area contributed by atoms with Gasteiger partial charge in [0.1, 0.15) is 11.1 Å². The highest BCUT2D eigenvalue weighted by molar-refractivity contribution is 6.02. The first-order valence-corrected chi connectivity index (χ1v) is 9.23. The molecule has 6 heteroatoms. The first kappa shape index (κ1) is 19.4. The van der Waals surface area contributed by atoms with E-state index in [1.54, 1.807) is 0 Å². The molecular formula is C21H27NO5. The van der Waals surface area contributed by atoms with Crippen LogP contribution in [-0.4, -0.2) is 35.2 Å². The summed E-state index contributed by atoms with van der Waals surface area (Å²) in [5.74, 6) is -1.40. The maximum absolute atomic E-state index is 13.0. The maximum atomic E-state index is 13.0. The van der Waals surface area contributed by atoms with Crippen molar-refractivity contribution in [2.24, 2.45) is 5.41 Å². The second-order valence-electron chi connectivity index (χ2n) is 7.99. The molecule has 2 aromatic rings. The van der Waals surface area contributed by atoms with Crippen LogP contribution in [0.3, 0.4) is 0 Å². The molecule has 1 aromatic heterocycles. The fraction of sp³-hybridized carbons (Fsp3) is 0.524. The van der Waals surface area contributed by atoms with Crippen LogP contribution in [0.1, 0.15) is 54.4 Å². The van der Waals surface area contributed by atoms with Crippen LogP contribution < -0.4 is 5.32 Å². The first-order valence-electron chi connectivity index (χ1n) is 9.23. The molecule has 27 heavy (non-hydrogen) atoms. The summed E-state index contributed by atoms with van der Waals surface area (Å²) in [6.07, 6.45) is 0.00634. The van der Waals surface area contributed by atoms with Gasteiger partial charge in [-0.3, -0.25) is 4.79 Å². The van der Waals surface area contributed by atoms with Gasteiger partial charge in [-0.25, -0.2) is 4.79 Å². The minimum Gasteiger partial charge on any atom is -0.479 e. The van der Waals surface area contributed by atoms with Crippen molar-refractivity contribution < 1.29 is 23.8 Å². The lowest BCUT2D eigenvalue weighted by atomic mass is 9.54. The fourth-order valence-corrected chi connectivity index (χ4v) is 4.18. The molecule has 3 rings (SSSR count). The molecule has 1 amide bonds. The number of benzene rings is 1. The lowest BCUT2D eigenvalue weighted by molar-refractivity contribution is -0.190. The molecule has 1 aromatic carbocycles. The molecule has 0 spiro atoms. The number of aliphatic carboxylic acids is 1.